The molecule has 0 spiro atoms. The molecule has 4 fully saturated rings. The fraction of sp³-hybridized carbons (Fsp3) is 0.762. The lowest BCUT2D eigenvalue weighted by Gasteiger charge is -2.45. The number of hydrogen-bond acceptors (Lipinski definition) is 6. The molecule has 1 aromatic rings. The van der Waals surface area contributed by atoms with E-state index in [-0.39, 0.29) is 6.04 Å². The summed E-state index contributed by atoms with van der Waals surface area (Å²) in [7, 11) is 0. The topological polar surface area (TPSA) is 61.8 Å². The summed E-state index contributed by atoms with van der Waals surface area (Å²) in [5.74, 6) is 2.99. The van der Waals surface area contributed by atoms with Crippen molar-refractivity contribution in [3.8, 4) is 0 Å². The molecular weight excluding hydrogens is 354 g/mol. The molecule has 0 bridgehead atoms. The van der Waals surface area contributed by atoms with Crippen molar-refractivity contribution < 1.29 is 9.53 Å². The molecule has 5 rings (SSSR count). The smallest absolute Gasteiger partial charge is 0.240 e. The molecule has 28 heavy (non-hydrogen) atoms. The lowest BCUT2D eigenvalue weighted by molar-refractivity contribution is -0.145. The molecule has 7 heteroatoms. The number of amides is 1. The molecule has 3 aliphatic heterocycles. The Bertz CT molecular complexity index is 696. The van der Waals surface area contributed by atoms with E-state index in [9.17, 15) is 4.79 Å². The number of aromatic nitrogens is 2. The van der Waals surface area contributed by atoms with Crippen molar-refractivity contribution in [1.82, 2.24) is 19.8 Å². The molecule has 3 saturated heterocycles. The highest BCUT2D eigenvalue weighted by Crippen LogP contribution is 2.38. The molecule has 1 amide bonds. The molecule has 4 heterocycles. The van der Waals surface area contributed by atoms with Crippen LogP contribution in [0.2, 0.25) is 0 Å². The first-order valence-electron chi connectivity index (χ1n) is 11.0. The quantitative estimate of drug-likeness (QED) is 0.785. The fourth-order valence-corrected chi connectivity index (χ4v) is 4.92. The number of piperidine rings is 1. The van der Waals surface area contributed by atoms with E-state index < -0.39 is 0 Å². The van der Waals surface area contributed by atoms with E-state index in [1.807, 2.05) is 12.3 Å². The summed E-state index contributed by atoms with van der Waals surface area (Å²) in [4.78, 5) is 29.4. The number of anilines is 1. The third-order valence-corrected chi connectivity index (χ3v) is 6.76. The van der Waals surface area contributed by atoms with Gasteiger partial charge in [-0.1, -0.05) is 0 Å². The van der Waals surface area contributed by atoms with Crippen molar-refractivity contribution in [2.45, 2.75) is 56.5 Å². The van der Waals surface area contributed by atoms with Gasteiger partial charge < -0.3 is 14.5 Å². The second-order valence-electron chi connectivity index (χ2n) is 8.60. The van der Waals surface area contributed by atoms with Crippen LogP contribution in [0.1, 0.15) is 50.3 Å². The Morgan fingerprint density at radius 3 is 2.50 bits per heavy atom. The van der Waals surface area contributed by atoms with Crippen molar-refractivity contribution >= 4 is 11.7 Å². The summed E-state index contributed by atoms with van der Waals surface area (Å²) in [5.41, 5.74) is 0. The molecule has 1 saturated carbocycles. The lowest BCUT2D eigenvalue weighted by Crippen LogP contribution is -2.59. The maximum absolute atomic E-state index is 13.2. The predicted molar refractivity (Wildman–Crippen MR) is 106 cm³/mol. The zero-order valence-electron chi connectivity index (χ0n) is 16.6. The molecule has 7 nitrogen and oxygen atoms in total. The first-order valence-corrected chi connectivity index (χ1v) is 11.0. The Balaban J connectivity index is 1.20. The molecule has 4 aliphatic rings. The number of piperazine rings is 1. The van der Waals surface area contributed by atoms with Crippen LogP contribution in [-0.2, 0) is 9.53 Å². The van der Waals surface area contributed by atoms with Crippen LogP contribution >= 0.6 is 0 Å². The fourth-order valence-electron chi connectivity index (χ4n) is 4.92. The van der Waals surface area contributed by atoms with Crippen molar-refractivity contribution in [2.24, 2.45) is 0 Å². The lowest BCUT2D eigenvalue weighted by atomic mass is 9.97. The van der Waals surface area contributed by atoms with E-state index in [2.05, 4.69) is 19.7 Å². The predicted octanol–water partition coefficient (Wildman–Crippen LogP) is 1.65. The van der Waals surface area contributed by atoms with Gasteiger partial charge in [0.25, 0.3) is 0 Å². The minimum Gasteiger partial charge on any atom is -0.381 e. The van der Waals surface area contributed by atoms with E-state index in [1.54, 1.807) is 0 Å². The summed E-state index contributed by atoms with van der Waals surface area (Å²) < 4.78 is 5.49. The van der Waals surface area contributed by atoms with Crippen LogP contribution in [0.25, 0.3) is 0 Å². The van der Waals surface area contributed by atoms with Gasteiger partial charge in [0.05, 0.1) is 6.04 Å². The van der Waals surface area contributed by atoms with Crippen LogP contribution < -0.4 is 4.90 Å². The Labute approximate surface area is 167 Å². The normalized spacial score (nSPS) is 28.0. The van der Waals surface area contributed by atoms with Gasteiger partial charge in [-0.05, 0) is 44.6 Å². The Morgan fingerprint density at radius 1 is 0.964 bits per heavy atom. The number of carbonyl (C=O) groups excluding carboxylic acids is 1. The summed E-state index contributed by atoms with van der Waals surface area (Å²) in [6, 6.07) is 2.47. The maximum atomic E-state index is 13.2. The van der Waals surface area contributed by atoms with E-state index in [0.29, 0.717) is 17.9 Å². The number of likely N-dealkylation sites (tertiary alicyclic amines) is 1. The third-order valence-electron chi connectivity index (χ3n) is 6.76. The maximum Gasteiger partial charge on any atom is 0.240 e. The highest BCUT2D eigenvalue weighted by molar-refractivity contribution is 5.83. The van der Waals surface area contributed by atoms with E-state index in [4.69, 9.17) is 9.72 Å². The monoisotopic (exact) mass is 385 g/mol. The Kier molecular flexibility index (Phi) is 5.20. The van der Waals surface area contributed by atoms with E-state index >= 15 is 0 Å². The summed E-state index contributed by atoms with van der Waals surface area (Å²) in [6.45, 7) is 6.23. The highest BCUT2D eigenvalue weighted by atomic mass is 16.5. The van der Waals surface area contributed by atoms with Crippen molar-refractivity contribution in [1.29, 1.82) is 0 Å². The standard InChI is InChI=1S/C21H31N5O2/c27-21-18(2-1-9-26(21)17-6-14-28-15-7-17)24-10-12-25(13-11-24)19-5-8-22-20(23-19)16-3-4-16/h5,8,16-18H,1-4,6-7,9-15H2/t18-/m0/s1. The first kappa shape index (κ1) is 18.3. The van der Waals surface area contributed by atoms with Crippen LogP contribution in [0, 0.1) is 0 Å². The van der Waals surface area contributed by atoms with E-state index in [0.717, 1.165) is 83.3 Å². The van der Waals surface area contributed by atoms with Gasteiger partial charge in [-0.2, -0.15) is 0 Å². The molecular formula is C21H31N5O2. The van der Waals surface area contributed by atoms with Crippen LogP contribution in [0.4, 0.5) is 5.82 Å². The molecule has 1 atom stereocenters. The average Bonchev–Trinajstić information content (AvgIpc) is 3.60. The number of carbonyl (C=O) groups is 1. The van der Waals surface area contributed by atoms with Crippen molar-refractivity contribution in [3.05, 3.63) is 18.1 Å². The van der Waals surface area contributed by atoms with Gasteiger partial charge in [-0.25, -0.2) is 9.97 Å². The minimum atomic E-state index is 0.0613. The Morgan fingerprint density at radius 2 is 1.75 bits per heavy atom. The minimum absolute atomic E-state index is 0.0613. The van der Waals surface area contributed by atoms with Crippen LogP contribution in [0.3, 0.4) is 0 Å². The zero-order chi connectivity index (χ0) is 18.9. The molecule has 152 valence electrons. The van der Waals surface area contributed by atoms with Gasteiger partial charge in [-0.15, -0.1) is 0 Å². The van der Waals surface area contributed by atoms with Crippen molar-refractivity contribution in [3.63, 3.8) is 0 Å². The SMILES string of the molecule is O=C1[C@@H](N2CCN(c3ccnc(C4CC4)n3)CC2)CCCN1C1CCOCC1. The summed E-state index contributed by atoms with van der Waals surface area (Å²) >= 11 is 0. The highest BCUT2D eigenvalue weighted by Gasteiger charge is 2.38. The molecule has 0 unspecified atom stereocenters. The number of hydrogen-bond donors (Lipinski definition) is 0. The van der Waals surface area contributed by atoms with Gasteiger partial charge in [0, 0.05) is 64.1 Å². The average molecular weight is 386 g/mol. The van der Waals surface area contributed by atoms with Crippen LogP contribution in [0.15, 0.2) is 12.3 Å². The second-order valence-corrected chi connectivity index (χ2v) is 8.60. The van der Waals surface area contributed by atoms with Crippen LogP contribution in [0.5, 0.6) is 0 Å². The molecule has 0 aromatic carbocycles. The molecule has 0 radical (unpaired) electrons. The van der Waals surface area contributed by atoms with Crippen molar-refractivity contribution in [2.75, 3.05) is 50.8 Å². The van der Waals surface area contributed by atoms with Gasteiger partial charge >= 0.3 is 0 Å². The third kappa shape index (κ3) is 3.74. The number of nitrogens with zero attached hydrogens (tertiary/aromatic N) is 5. The zero-order valence-corrected chi connectivity index (χ0v) is 16.6. The first-order chi connectivity index (χ1) is 13.8. The molecule has 1 aromatic heterocycles. The molecule has 1 aliphatic carbocycles. The van der Waals surface area contributed by atoms with Gasteiger partial charge in [-0.3, -0.25) is 9.69 Å². The summed E-state index contributed by atoms with van der Waals surface area (Å²) in [6.07, 6.45) is 8.45. The Hall–Kier alpha value is -1.73. The number of rotatable bonds is 4. The van der Waals surface area contributed by atoms with Gasteiger partial charge in [0.15, 0.2) is 0 Å². The second kappa shape index (κ2) is 7.95. The summed E-state index contributed by atoms with van der Waals surface area (Å²) in [5, 5.41) is 0. The van der Waals surface area contributed by atoms with Gasteiger partial charge in [0.1, 0.15) is 11.6 Å². The largest absolute Gasteiger partial charge is 0.381 e. The number of ether oxygens (including phenoxy) is 1. The van der Waals surface area contributed by atoms with Gasteiger partial charge in [0.2, 0.25) is 5.91 Å². The van der Waals surface area contributed by atoms with Crippen LogP contribution in [-0.4, -0.2) is 83.7 Å². The van der Waals surface area contributed by atoms with E-state index in [1.165, 1.54) is 12.8 Å². The molecule has 0 N–H and O–H groups in total.